The summed E-state index contributed by atoms with van der Waals surface area (Å²) in [4.78, 5) is 8.64. The minimum atomic E-state index is 0.456. The highest BCUT2D eigenvalue weighted by atomic mass is 15.5. The van der Waals surface area contributed by atoms with Gasteiger partial charge in [0.25, 0.3) is 0 Å². The molecule has 0 aromatic carbocycles. The summed E-state index contributed by atoms with van der Waals surface area (Å²) in [5.41, 5.74) is 9.00. The van der Waals surface area contributed by atoms with Crippen LogP contribution in [-0.2, 0) is 0 Å². The number of amidine groups is 1. The molecule has 0 radical (unpaired) electrons. The minimum absolute atomic E-state index is 0.456. The second-order valence-corrected chi connectivity index (χ2v) is 4.95. The van der Waals surface area contributed by atoms with Crippen LogP contribution >= 0.6 is 0 Å². The van der Waals surface area contributed by atoms with Gasteiger partial charge in [-0.15, -0.1) is 9.73 Å². The molecule has 0 atom stereocenters. The van der Waals surface area contributed by atoms with Gasteiger partial charge in [-0.1, -0.05) is 0 Å². The van der Waals surface area contributed by atoms with Gasteiger partial charge in [-0.2, -0.15) is 10.2 Å². The second-order valence-electron chi connectivity index (χ2n) is 4.95. The number of H-pyrrole nitrogens is 1. The molecule has 3 N–H and O–H groups in total. The average Bonchev–Trinajstić information content (AvgIpc) is 2.98. The normalized spacial score (nSPS) is 13.5. The third-order valence-corrected chi connectivity index (χ3v) is 3.12. The van der Waals surface area contributed by atoms with Gasteiger partial charge < -0.3 is 5.73 Å². The van der Waals surface area contributed by atoms with Crippen LogP contribution in [0.4, 0.5) is 5.82 Å². The molecule has 3 rings (SSSR count). The van der Waals surface area contributed by atoms with E-state index in [9.17, 15) is 0 Å². The van der Waals surface area contributed by atoms with Crippen LogP contribution in [0.5, 0.6) is 0 Å². The maximum atomic E-state index is 5.64. The Morgan fingerprint density at radius 3 is 2.76 bits per heavy atom. The SMILES string of the molecule is CC(N)=Nc1n[nH]c(C)c1/C=c1/c(C)nn2nc(C)nc12. The zero-order valence-corrected chi connectivity index (χ0v) is 12.3. The predicted molar refractivity (Wildman–Crippen MR) is 79.3 cm³/mol. The number of nitrogens with two attached hydrogens (primary N) is 1. The molecule has 0 aliphatic carbocycles. The predicted octanol–water partition coefficient (Wildman–Crippen LogP) is 0.329. The van der Waals surface area contributed by atoms with Crippen molar-refractivity contribution in [1.29, 1.82) is 0 Å². The number of aliphatic imine (C=N–C) groups is 1. The van der Waals surface area contributed by atoms with Crippen molar-refractivity contribution in [2.75, 3.05) is 0 Å². The standard InChI is InChI=1S/C13H16N8/c1-6-10(12(18-17-6)15-8(3)14)5-11-7(2)19-21-13(11)16-9(4)20-21/h5H,1-4H3,(H3,14,15,17,18)/b11-5-. The quantitative estimate of drug-likeness (QED) is 0.520. The second kappa shape index (κ2) is 4.65. The summed E-state index contributed by atoms with van der Waals surface area (Å²) in [6.07, 6.45) is 1.96. The molecule has 0 aliphatic heterocycles. The molecule has 0 saturated carbocycles. The van der Waals surface area contributed by atoms with Crippen LogP contribution in [0.15, 0.2) is 4.99 Å². The lowest BCUT2D eigenvalue weighted by Gasteiger charge is -1.93. The molecule has 108 valence electrons. The first-order valence-electron chi connectivity index (χ1n) is 6.53. The lowest BCUT2D eigenvalue weighted by molar-refractivity contribution is 0.793. The lowest BCUT2D eigenvalue weighted by atomic mass is 10.2. The Hall–Kier alpha value is -2.77. The number of fused-ring (bicyclic) bond motifs is 1. The van der Waals surface area contributed by atoms with Gasteiger partial charge in [-0.3, -0.25) is 5.10 Å². The van der Waals surface area contributed by atoms with Crippen molar-refractivity contribution in [3.63, 3.8) is 0 Å². The molecule has 21 heavy (non-hydrogen) atoms. The van der Waals surface area contributed by atoms with Crippen LogP contribution in [0.2, 0.25) is 0 Å². The van der Waals surface area contributed by atoms with E-state index in [-0.39, 0.29) is 0 Å². The van der Waals surface area contributed by atoms with Crippen molar-refractivity contribution in [2.45, 2.75) is 27.7 Å². The maximum Gasteiger partial charge on any atom is 0.185 e. The lowest BCUT2D eigenvalue weighted by Crippen LogP contribution is -2.05. The van der Waals surface area contributed by atoms with Crippen molar-refractivity contribution in [2.24, 2.45) is 10.7 Å². The van der Waals surface area contributed by atoms with Gasteiger partial charge in [0.1, 0.15) is 5.82 Å². The van der Waals surface area contributed by atoms with Gasteiger partial charge >= 0.3 is 0 Å². The molecule has 0 spiro atoms. The van der Waals surface area contributed by atoms with Gasteiger partial charge in [-0.05, 0) is 33.8 Å². The zero-order valence-electron chi connectivity index (χ0n) is 12.3. The van der Waals surface area contributed by atoms with Gasteiger partial charge in [0.2, 0.25) is 0 Å². The smallest absolute Gasteiger partial charge is 0.185 e. The zero-order chi connectivity index (χ0) is 15.1. The van der Waals surface area contributed by atoms with Crippen LogP contribution in [0.1, 0.15) is 29.7 Å². The topological polar surface area (TPSA) is 110 Å². The number of aromatic amines is 1. The number of rotatable bonds is 2. The average molecular weight is 284 g/mol. The molecule has 0 saturated heterocycles. The number of aryl methyl sites for hydroxylation is 3. The first-order valence-corrected chi connectivity index (χ1v) is 6.53. The molecule has 3 heterocycles. The first-order chi connectivity index (χ1) is 9.95. The summed E-state index contributed by atoms with van der Waals surface area (Å²) in [6, 6.07) is 0. The highest BCUT2D eigenvalue weighted by Crippen LogP contribution is 2.20. The number of hydrogen-bond acceptors (Lipinski definition) is 5. The summed E-state index contributed by atoms with van der Waals surface area (Å²) in [6.45, 7) is 7.42. The van der Waals surface area contributed by atoms with E-state index in [1.165, 1.54) is 0 Å². The van der Waals surface area contributed by atoms with E-state index in [1.54, 1.807) is 11.6 Å². The molecular formula is C13H16N8. The van der Waals surface area contributed by atoms with Crippen LogP contribution in [0, 0.1) is 20.8 Å². The summed E-state index contributed by atoms with van der Waals surface area (Å²) in [5.74, 6) is 1.70. The molecule has 8 heteroatoms. The Morgan fingerprint density at radius 2 is 2.05 bits per heavy atom. The summed E-state index contributed by atoms with van der Waals surface area (Å²) in [5, 5.41) is 16.6. The van der Waals surface area contributed by atoms with Crippen LogP contribution in [0.3, 0.4) is 0 Å². The molecule has 0 fully saturated rings. The molecule has 8 nitrogen and oxygen atoms in total. The highest BCUT2D eigenvalue weighted by Gasteiger charge is 2.12. The summed E-state index contributed by atoms with van der Waals surface area (Å²) >= 11 is 0. The van der Waals surface area contributed by atoms with E-state index in [0.29, 0.717) is 17.5 Å². The van der Waals surface area contributed by atoms with E-state index < -0.39 is 0 Å². The van der Waals surface area contributed by atoms with Crippen molar-refractivity contribution < 1.29 is 0 Å². The fraction of sp³-hybridized carbons (Fsp3) is 0.308. The first kappa shape index (κ1) is 13.2. The summed E-state index contributed by atoms with van der Waals surface area (Å²) < 4.78 is 1.54. The Labute approximate surface area is 120 Å². The number of aromatic nitrogens is 6. The Bertz CT molecular complexity index is 895. The van der Waals surface area contributed by atoms with Crippen LogP contribution in [-0.4, -0.2) is 35.8 Å². The minimum Gasteiger partial charge on any atom is -0.387 e. The van der Waals surface area contributed by atoms with Crippen molar-refractivity contribution in [3.8, 4) is 0 Å². The highest BCUT2D eigenvalue weighted by molar-refractivity contribution is 5.81. The van der Waals surface area contributed by atoms with E-state index in [0.717, 1.165) is 27.8 Å². The van der Waals surface area contributed by atoms with E-state index >= 15 is 0 Å². The fourth-order valence-electron chi connectivity index (χ4n) is 2.16. The van der Waals surface area contributed by atoms with E-state index in [1.807, 2.05) is 26.8 Å². The maximum absolute atomic E-state index is 5.64. The Morgan fingerprint density at radius 1 is 1.29 bits per heavy atom. The van der Waals surface area contributed by atoms with E-state index in [4.69, 9.17) is 5.73 Å². The van der Waals surface area contributed by atoms with Crippen molar-refractivity contribution in [3.05, 3.63) is 28.0 Å². The van der Waals surface area contributed by atoms with E-state index in [2.05, 4.69) is 30.4 Å². The fourth-order valence-corrected chi connectivity index (χ4v) is 2.16. The van der Waals surface area contributed by atoms with Crippen LogP contribution in [0.25, 0.3) is 11.7 Å². The number of nitrogens with zero attached hydrogens (tertiary/aromatic N) is 6. The molecule has 0 bridgehead atoms. The van der Waals surface area contributed by atoms with Gasteiger partial charge in [0.15, 0.2) is 11.5 Å². The van der Waals surface area contributed by atoms with Gasteiger partial charge in [-0.25, -0.2) is 9.98 Å². The molecule has 0 amide bonds. The number of nitrogens with one attached hydrogen (secondary N) is 1. The Kier molecular flexibility index (Phi) is 2.93. The molecule has 3 aromatic rings. The van der Waals surface area contributed by atoms with Crippen molar-refractivity contribution in [1.82, 2.24) is 30.0 Å². The molecule has 3 aromatic heterocycles. The monoisotopic (exact) mass is 284 g/mol. The molecule has 0 unspecified atom stereocenters. The van der Waals surface area contributed by atoms with Crippen LogP contribution < -0.4 is 11.0 Å². The van der Waals surface area contributed by atoms with Gasteiger partial charge in [0.05, 0.1) is 11.5 Å². The van der Waals surface area contributed by atoms with Gasteiger partial charge in [0, 0.05) is 16.5 Å². The largest absolute Gasteiger partial charge is 0.387 e. The van der Waals surface area contributed by atoms with Crippen molar-refractivity contribution >= 4 is 23.4 Å². The number of hydrogen-bond donors (Lipinski definition) is 2. The third kappa shape index (κ3) is 2.24. The molecule has 0 aliphatic rings. The summed E-state index contributed by atoms with van der Waals surface area (Å²) in [7, 11) is 0. The molecular weight excluding hydrogens is 268 g/mol. The third-order valence-electron chi connectivity index (χ3n) is 3.12. The Balaban J connectivity index is 2.27.